The maximum atomic E-state index is 14.4. The number of rotatable bonds is 11. The molecule has 0 spiro atoms. The molecule has 2 nitrogen and oxygen atoms in total. The van der Waals surface area contributed by atoms with E-state index in [1.807, 2.05) is 0 Å². The van der Waals surface area contributed by atoms with Crippen LogP contribution in [0.15, 0.2) is 36.4 Å². The summed E-state index contributed by atoms with van der Waals surface area (Å²) in [6.07, 6.45) is 17.0. The largest absolute Gasteiger partial charge is 0.491 e. The molecule has 0 aromatic heterocycles. The lowest BCUT2D eigenvalue weighted by atomic mass is 9.60. The number of aryl methyl sites for hydroxylation is 1. The van der Waals surface area contributed by atoms with E-state index >= 15 is 0 Å². The van der Waals surface area contributed by atoms with Crippen LogP contribution in [0, 0.1) is 47.1 Å². The third-order valence-electron chi connectivity index (χ3n) is 10.7. The molecule has 3 aliphatic rings. The van der Waals surface area contributed by atoms with Crippen LogP contribution in [-0.4, -0.2) is 13.2 Å². The fourth-order valence-corrected chi connectivity index (χ4v) is 8.25. The van der Waals surface area contributed by atoms with Crippen molar-refractivity contribution in [2.24, 2.45) is 35.5 Å². The molecule has 41 heavy (non-hydrogen) atoms. The van der Waals surface area contributed by atoms with Crippen molar-refractivity contribution in [3.8, 4) is 11.5 Å². The van der Waals surface area contributed by atoms with Crippen LogP contribution in [-0.2, 0) is 6.42 Å². The van der Waals surface area contributed by atoms with Gasteiger partial charge in [-0.15, -0.1) is 0 Å². The molecule has 0 bridgehead atoms. The van der Waals surface area contributed by atoms with Gasteiger partial charge in [0.15, 0.2) is 11.5 Å². The smallest absolute Gasteiger partial charge is 0.204 e. The van der Waals surface area contributed by atoms with Gasteiger partial charge in [-0.25, -0.2) is 0 Å². The lowest BCUT2D eigenvalue weighted by molar-refractivity contribution is 0.0663. The van der Waals surface area contributed by atoms with Gasteiger partial charge in [-0.3, -0.25) is 0 Å². The average Bonchev–Trinajstić information content (AvgIpc) is 2.99. The second-order valence-corrected chi connectivity index (χ2v) is 13.8. The Balaban J connectivity index is 1.04. The topological polar surface area (TPSA) is 18.5 Å². The van der Waals surface area contributed by atoms with E-state index < -0.39 is 11.6 Å². The predicted molar refractivity (Wildman–Crippen MR) is 164 cm³/mol. The van der Waals surface area contributed by atoms with Crippen molar-refractivity contribution in [3.63, 3.8) is 0 Å². The highest BCUT2D eigenvalue weighted by molar-refractivity contribution is 5.35. The van der Waals surface area contributed by atoms with Crippen LogP contribution in [0.2, 0.25) is 0 Å². The number of halogens is 2. The van der Waals surface area contributed by atoms with Crippen LogP contribution >= 0.6 is 0 Å². The fraction of sp³-hybridized carbons (Fsp3) is 0.676. The summed E-state index contributed by atoms with van der Waals surface area (Å²) in [7, 11) is 0. The average molecular weight is 567 g/mol. The Labute approximate surface area is 247 Å². The van der Waals surface area contributed by atoms with Crippen LogP contribution < -0.4 is 9.47 Å². The zero-order chi connectivity index (χ0) is 28.8. The number of ether oxygens (including phenoxy) is 2. The van der Waals surface area contributed by atoms with E-state index in [9.17, 15) is 8.78 Å². The van der Waals surface area contributed by atoms with E-state index in [1.165, 1.54) is 88.3 Å². The van der Waals surface area contributed by atoms with Crippen LogP contribution in [0.25, 0.3) is 0 Å². The van der Waals surface area contributed by atoms with E-state index in [-0.39, 0.29) is 11.5 Å². The molecule has 0 aliphatic heterocycles. The molecule has 4 atom stereocenters. The maximum Gasteiger partial charge on any atom is 0.204 e. The van der Waals surface area contributed by atoms with Crippen molar-refractivity contribution in [1.82, 2.24) is 0 Å². The molecule has 3 aliphatic carbocycles. The minimum absolute atomic E-state index is 0.000386. The molecule has 0 N–H and O–H groups in total. The predicted octanol–water partition coefficient (Wildman–Crippen LogP) is 10.5. The number of fused-ring (bicyclic) bond motifs is 1. The number of hydrogen-bond acceptors (Lipinski definition) is 2. The molecule has 0 saturated heterocycles. The van der Waals surface area contributed by atoms with Crippen molar-refractivity contribution in [2.45, 2.75) is 110 Å². The Morgan fingerprint density at radius 2 is 1.29 bits per heavy atom. The minimum atomic E-state index is -0.955. The van der Waals surface area contributed by atoms with Gasteiger partial charge in [-0.05, 0) is 149 Å². The second-order valence-electron chi connectivity index (χ2n) is 13.8. The number of benzene rings is 2. The molecule has 4 heteroatoms. The third kappa shape index (κ3) is 7.85. The van der Waals surface area contributed by atoms with Gasteiger partial charge in [0.25, 0.3) is 0 Å². The van der Waals surface area contributed by atoms with Gasteiger partial charge < -0.3 is 9.47 Å². The summed E-state index contributed by atoms with van der Waals surface area (Å²) in [5.74, 6) is 3.55. The first-order valence-corrected chi connectivity index (χ1v) is 16.7. The summed E-state index contributed by atoms with van der Waals surface area (Å²) in [5.41, 5.74) is 3.08. The van der Waals surface area contributed by atoms with E-state index in [4.69, 9.17) is 9.47 Å². The molecular formula is C37H52F2O2. The standard InChI is InChI=1S/C37H52F2O2/c1-4-40-34-20-21-35(37(39)36(34)38)41-24-27-10-14-29(15-11-27)31-17-19-32-22-30(16-18-33(32)23-31)28-12-8-26(9-13-28)7-5-6-25(2)3/h8-9,12-13,20-21,25,27,29-33H,4-7,10-11,14-19,22-24H2,1-3H3. The molecule has 226 valence electrons. The first-order valence-electron chi connectivity index (χ1n) is 16.7. The van der Waals surface area contributed by atoms with Gasteiger partial charge in [-0.1, -0.05) is 44.5 Å². The maximum absolute atomic E-state index is 14.4. The first-order chi connectivity index (χ1) is 19.9. The molecule has 4 unspecified atom stereocenters. The molecular weight excluding hydrogens is 514 g/mol. The van der Waals surface area contributed by atoms with Gasteiger partial charge in [-0.2, -0.15) is 8.78 Å². The van der Waals surface area contributed by atoms with Gasteiger partial charge in [0.2, 0.25) is 11.6 Å². The van der Waals surface area contributed by atoms with Gasteiger partial charge in [0, 0.05) is 0 Å². The molecule has 2 aromatic carbocycles. The van der Waals surface area contributed by atoms with Crippen LogP contribution in [0.5, 0.6) is 11.5 Å². The first kappa shape index (κ1) is 30.4. The Morgan fingerprint density at radius 3 is 1.95 bits per heavy atom. The Kier molecular flexibility index (Phi) is 10.7. The quantitative estimate of drug-likeness (QED) is 0.269. The summed E-state index contributed by atoms with van der Waals surface area (Å²) in [6.45, 7) is 7.15. The van der Waals surface area contributed by atoms with Crippen molar-refractivity contribution in [1.29, 1.82) is 0 Å². The highest BCUT2D eigenvalue weighted by Gasteiger charge is 2.39. The Hall–Kier alpha value is -2.10. The van der Waals surface area contributed by atoms with Crippen molar-refractivity contribution < 1.29 is 18.3 Å². The normalized spacial score (nSPS) is 28.3. The summed E-state index contributed by atoms with van der Waals surface area (Å²) in [5, 5.41) is 0. The zero-order valence-corrected chi connectivity index (χ0v) is 25.7. The van der Waals surface area contributed by atoms with Gasteiger partial charge >= 0.3 is 0 Å². The number of hydrogen-bond donors (Lipinski definition) is 0. The van der Waals surface area contributed by atoms with Crippen LogP contribution in [0.4, 0.5) is 8.78 Å². The Morgan fingerprint density at radius 1 is 0.707 bits per heavy atom. The molecule has 3 fully saturated rings. The fourth-order valence-electron chi connectivity index (χ4n) is 8.25. The van der Waals surface area contributed by atoms with Crippen LogP contribution in [0.1, 0.15) is 115 Å². The molecule has 0 heterocycles. The van der Waals surface area contributed by atoms with Crippen LogP contribution in [0.3, 0.4) is 0 Å². The van der Waals surface area contributed by atoms with Crippen molar-refractivity contribution >= 4 is 0 Å². The van der Waals surface area contributed by atoms with E-state index in [1.54, 1.807) is 12.5 Å². The summed E-state index contributed by atoms with van der Waals surface area (Å²) < 4.78 is 39.5. The van der Waals surface area contributed by atoms with Crippen molar-refractivity contribution in [3.05, 3.63) is 59.2 Å². The highest BCUT2D eigenvalue weighted by atomic mass is 19.2. The third-order valence-corrected chi connectivity index (χ3v) is 10.7. The van der Waals surface area contributed by atoms with Gasteiger partial charge in [0.05, 0.1) is 13.2 Å². The zero-order valence-electron chi connectivity index (χ0n) is 25.7. The molecule has 5 rings (SSSR count). The van der Waals surface area contributed by atoms with E-state index in [0.29, 0.717) is 19.1 Å². The molecule has 3 saturated carbocycles. The SMILES string of the molecule is CCOc1ccc(OCC2CCC(C3CCC4CC(c5ccc(CCCC(C)C)cc5)CCC4C3)CC2)c(F)c1F. The summed E-state index contributed by atoms with van der Waals surface area (Å²) in [6, 6.07) is 12.6. The monoisotopic (exact) mass is 566 g/mol. The van der Waals surface area contributed by atoms with E-state index in [2.05, 4.69) is 38.1 Å². The lowest BCUT2D eigenvalue weighted by Gasteiger charge is -2.45. The summed E-state index contributed by atoms with van der Waals surface area (Å²) in [4.78, 5) is 0. The molecule has 0 amide bonds. The minimum Gasteiger partial charge on any atom is -0.491 e. The highest BCUT2D eigenvalue weighted by Crippen LogP contribution is 2.51. The van der Waals surface area contributed by atoms with E-state index in [0.717, 1.165) is 48.3 Å². The summed E-state index contributed by atoms with van der Waals surface area (Å²) >= 11 is 0. The van der Waals surface area contributed by atoms with Gasteiger partial charge in [0.1, 0.15) is 0 Å². The van der Waals surface area contributed by atoms with Crippen molar-refractivity contribution in [2.75, 3.05) is 13.2 Å². The lowest BCUT2D eigenvalue weighted by Crippen LogP contribution is -2.34. The molecule has 0 radical (unpaired) electrons. The molecule has 2 aromatic rings. The Bertz CT molecular complexity index is 1090. The second kappa shape index (κ2) is 14.4.